The highest BCUT2D eigenvalue weighted by Gasteiger charge is 2.18. The number of rotatable bonds is 5. The van der Waals surface area contributed by atoms with Crippen LogP contribution >= 0.6 is 12.4 Å². The molecule has 0 radical (unpaired) electrons. The fraction of sp³-hybridized carbons (Fsp3) is 0.588. The molecule has 0 bridgehead atoms. The predicted octanol–water partition coefficient (Wildman–Crippen LogP) is 2.51. The summed E-state index contributed by atoms with van der Waals surface area (Å²) in [7, 11) is 0. The molecule has 0 spiro atoms. The number of hydrogen-bond acceptors (Lipinski definition) is 4. The maximum atomic E-state index is 13.6. The quantitative estimate of drug-likeness (QED) is 0.849. The van der Waals surface area contributed by atoms with Gasteiger partial charge in [0.2, 0.25) is 5.91 Å². The summed E-state index contributed by atoms with van der Waals surface area (Å²) < 4.78 is 24.2. The van der Waals surface area contributed by atoms with Gasteiger partial charge in [-0.25, -0.2) is 4.39 Å². The molecule has 1 aromatic rings. The number of benzene rings is 1. The molecule has 24 heavy (non-hydrogen) atoms. The monoisotopic (exact) mass is 358 g/mol. The molecule has 3 rings (SSSR count). The predicted molar refractivity (Wildman–Crippen MR) is 90.6 cm³/mol. The van der Waals surface area contributed by atoms with Gasteiger partial charge in [-0.2, -0.15) is 0 Å². The lowest BCUT2D eigenvalue weighted by molar-refractivity contribution is -0.121. The molecule has 2 aliphatic heterocycles. The molecule has 0 unspecified atom stereocenters. The Morgan fingerprint density at radius 1 is 1.33 bits per heavy atom. The molecular formula is C17H24ClFN2O3. The van der Waals surface area contributed by atoms with E-state index in [0.29, 0.717) is 35.8 Å². The summed E-state index contributed by atoms with van der Waals surface area (Å²) in [5.74, 6) is 0.936. The van der Waals surface area contributed by atoms with Crippen LogP contribution in [-0.4, -0.2) is 25.8 Å². The Kier molecular flexibility index (Phi) is 7.27. The number of nitrogens with one attached hydrogen (secondary N) is 2. The van der Waals surface area contributed by atoms with Gasteiger partial charge in [0.25, 0.3) is 0 Å². The maximum Gasteiger partial charge on any atom is 0.220 e. The van der Waals surface area contributed by atoms with Gasteiger partial charge in [-0.15, -0.1) is 12.4 Å². The number of amides is 1. The van der Waals surface area contributed by atoms with Gasteiger partial charge in [-0.05, 0) is 50.4 Å². The van der Waals surface area contributed by atoms with Crippen molar-refractivity contribution in [1.82, 2.24) is 10.6 Å². The summed E-state index contributed by atoms with van der Waals surface area (Å²) in [6, 6.07) is 2.83. The number of carbonyl (C=O) groups excluding carboxylic acids is 1. The van der Waals surface area contributed by atoms with Gasteiger partial charge in [-0.3, -0.25) is 4.79 Å². The Morgan fingerprint density at radius 2 is 2.12 bits per heavy atom. The number of fused-ring (bicyclic) bond motifs is 1. The van der Waals surface area contributed by atoms with Gasteiger partial charge in [-0.1, -0.05) is 0 Å². The van der Waals surface area contributed by atoms with E-state index in [1.165, 1.54) is 12.1 Å². The Hall–Kier alpha value is -1.37. The second kappa shape index (κ2) is 9.20. The Labute approximate surface area is 147 Å². The summed E-state index contributed by atoms with van der Waals surface area (Å²) in [5.41, 5.74) is 1.36. The SMILES string of the molecule is Cl.O=C(CCC1CCNCC1)NCc1cc(F)cc2c1OCOC2. The van der Waals surface area contributed by atoms with Gasteiger partial charge >= 0.3 is 0 Å². The zero-order valence-corrected chi connectivity index (χ0v) is 14.4. The molecule has 2 aliphatic rings. The first-order valence-electron chi connectivity index (χ1n) is 8.21. The molecule has 1 aromatic carbocycles. The first kappa shape index (κ1) is 19.0. The minimum absolute atomic E-state index is 0. The van der Waals surface area contributed by atoms with Crippen LogP contribution in [-0.2, 0) is 22.7 Å². The molecule has 2 heterocycles. The summed E-state index contributed by atoms with van der Waals surface area (Å²) in [4.78, 5) is 12.0. The van der Waals surface area contributed by atoms with Crippen LogP contribution in [0.2, 0.25) is 0 Å². The summed E-state index contributed by atoms with van der Waals surface area (Å²) >= 11 is 0. The van der Waals surface area contributed by atoms with Crippen LogP contribution in [0.3, 0.4) is 0 Å². The van der Waals surface area contributed by atoms with E-state index in [1.807, 2.05) is 0 Å². The highest BCUT2D eigenvalue weighted by molar-refractivity contribution is 5.85. The lowest BCUT2D eigenvalue weighted by Gasteiger charge is -2.22. The lowest BCUT2D eigenvalue weighted by Crippen LogP contribution is -2.29. The number of piperidine rings is 1. The molecule has 5 nitrogen and oxygen atoms in total. The topological polar surface area (TPSA) is 59.6 Å². The maximum absolute atomic E-state index is 13.6. The number of carbonyl (C=O) groups is 1. The minimum atomic E-state index is -0.336. The molecular weight excluding hydrogens is 335 g/mol. The van der Waals surface area contributed by atoms with Crippen LogP contribution < -0.4 is 15.4 Å². The highest BCUT2D eigenvalue weighted by atomic mass is 35.5. The van der Waals surface area contributed by atoms with E-state index in [9.17, 15) is 9.18 Å². The van der Waals surface area contributed by atoms with E-state index in [-0.39, 0.29) is 37.5 Å². The summed E-state index contributed by atoms with van der Waals surface area (Å²) in [6.07, 6.45) is 3.71. The van der Waals surface area contributed by atoms with Crippen molar-refractivity contribution in [1.29, 1.82) is 0 Å². The number of ether oxygens (including phenoxy) is 2. The molecule has 7 heteroatoms. The Balaban J connectivity index is 0.00000208. The highest BCUT2D eigenvalue weighted by Crippen LogP contribution is 2.29. The van der Waals surface area contributed by atoms with Crippen LogP contribution in [0, 0.1) is 11.7 Å². The van der Waals surface area contributed by atoms with Crippen LogP contribution in [0.4, 0.5) is 4.39 Å². The van der Waals surface area contributed by atoms with Gasteiger partial charge in [0.1, 0.15) is 11.6 Å². The standard InChI is InChI=1S/C17H23FN2O3.ClH/c18-15-7-13(17-14(8-15)10-22-11-23-17)9-20-16(21)2-1-12-3-5-19-6-4-12;/h7-8,12,19H,1-6,9-11H2,(H,20,21);1H. The third-order valence-electron chi connectivity index (χ3n) is 4.47. The molecule has 0 atom stereocenters. The second-order valence-corrected chi connectivity index (χ2v) is 6.17. The molecule has 1 saturated heterocycles. The van der Waals surface area contributed by atoms with E-state index in [1.54, 1.807) is 0 Å². The first-order valence-corrected chi connectivity index (χ1v) is 8.21. The van der Waals surface area contributed by atoms with Crippen molar-refractivity contribution in [2.45, 2.75) is 38.8 Å². The fourth-order valence-electron chi connectivity index (χ4n) is 3.18. The van der Waals surface area contributed by atoms with Gasteiger partial charge in [0.15, 0.2) is 6.79 Å². The van der Waals surface area contributed by atoms with Gasteiger partial charge in [0.05, 0.1) is 6.61 Å². The number of hydrogen-bond donors (Lipinski definition) is 2. The van der Waals surface area contributed by atoms with Crippen molar-refractivity contribution in [3.05, 3.63) is 29.1 Å². The molecule has 1 amide bonds. The van der Waals surface area contributed by atoms with E-state index in [0.717, 1.165) is 32.4 Å². The van der Waals surface area contributed by atoms with Crippen molar-refractivity contribution < 1.29 is 18.7 Å². The van der Waals surface area contributed by atoms with Crippen molar-refractivity contribution in [2.24, 2.45) is 5.92 Å². The zero-order chi connectivity index (χ0) is 16.1. The van der Waals surface area contributed by atoms with Crippen LogP contribution in [0.25, 0.3) is 0 Å². The van der Waals surface area contributed by atoms with Crippen molar-refractivity contribution in [3.63, 3.8) is 0 Å². The normalized spacial score (nSPS) is 17.4. The van der Waals surface area contributed by atoms with Gasteiger partial charge in [0, 0.05) is 24.1 Å². The Bertz CT molecular complexity index is 565. The van der Waals surface area contributed by atoms with E-state index >= 15 is 0 Å². The molecule has 134 valence electrons. The second-order valence-electron chi connectivity index (χ2n) is 6.17. The average molecular weight is 359 g/mol. The largest absolute Gasteiger partial charge is 0.467 e. The first-order chi connectivity index (χ1) is 11.2. The Morgan fingerprint density at radius 3 is 2.92 bits per heavy atom. The lowest BCUT2D eigenvalue weighted by atomic mass is 9.93. The van der Waals surface area contributed by atoms with Crippen LogP contribution in [0.15, 0.2) is 12.1 Å². The number of halogens is 2. The van der Waals surface area contributed by atoms with Crippen molar-refractivity contribution in [2.75, 3.05) is 19.9 Å². The molecule has 2 N–H and O–H groups in total. The molecule has 1 fully saturated rings. The molecule has 0 aliphatic carbocycles. The van der Waals surface area contributed by atoms with Crippen LogP contribution in [0.5, 0.6) is 5.75 Å². The van der Waals surface area contributed by atoms with E-state index in [2.05, 4.69) is 10.6 Å². The summed E-state index contributed by atoms with van der Waals surface area (Å²) in [5, 5.41) is 6.20. The van der Waals surface area contributed by atoms with E-state index < -0.39 is 0 Å². The molecule has 0 aromatic heterocycles. The summed E-state index contributed by atoms with van der Waals surface area (Å²) in [6.45, 7) is 2.87. The van der Waals surface area contributed by atoms with Crippen molar-refractivity contribution in [3.8, 4) is 5.75 Å². The minimum Gasteiger partial charge on any atom is -0.467 e. The fourth-order valence-corrected chi connectivity index (χ4v) is 3.18. The van der Waals surface area contributed by atoms with Crippen LogP contribution in [0.1, 0.15) is 36.8 Å². The molecule has 0 saturated carbocycles. The van der Waals surface area contributed by atoms with Crippen molar-refractivity contribution >= 4 is 18.3 Å². The van der Waals surface area contributed by atoms with E-state index in [4.69, 9.17) is 9.47 Å². The smallest absolute Gasteiger partial charge is 0.220 e. The third-order valence-corrected chi connectivity index (χ3v) is 4.47. The average Bonchev–Trinajstić information content (AvgIpc) is 2.58. The third kappa shape index (κ3) is 5.06. The zero-order valence-electron chi connectivity index (χ0n) is 13.6. The van der Waals surface area contributed by atoms with Gasteiger partial charge < -0.3 is 20.1 Å².